The first-order valence-electron chi connectivity index (χ1n) is 10.3. The lowest BCUT2D eigenvalue weighted by molar-refractivity contribution is -0.133. The largest absolute Gasteiger partial charge is 0.375 e. The standard InChI is InChI=1S/C23H26FN5O3S/c1-29(21(30)20(25)14-32-13-16-6-3-2-4-7-16)12-19-15-33-23(27-19)28-22(31)26-11-17-8-5-9-18(24)10-17/h2-10,15,20H,11-14,25H2,1H3,(H2,26,27,28,31). The summed E-state index contributed by atoms with van der Waals surface area (Å²) in [6.45, 7) is 0.916. The fourth-order valence-corrected chi connectivity index (χ4v) is 3.66. The lowest BCUT2D eigenvalue weighted by atomic mass is 10.2. The fraction of sp³-hybridized carbons (Fsp3) is 0.261. The summed E-state index contributed by atoms with van der Waals surface area (Å²) in [5.74, 6) is -0.626. The van der Waals surface area contributed by atoms with Crippen LogP contribution in [0.5, 0.6) is 0 Å². The number of anilines is 1. The number of benzene rings is 2. The van der Waals surface area contributed by atoms with Gasteiger partial charge in [-0.3, -0.25) is 10.1 Å². The number of likely N-dealkylation sites (N-methyl/N-ethyl adjacent to an activating group) is 1. The minimum Gasteiger partial charge on any atom is -0.375 e. The molecule has 0 saturated heterocycles. The minimum atomic E-state index is -0.788. The number of thiazole rings is 1. The fourth-order valence-electron chi connectivity index (χ4n) is 2.96. The van der Waals surface area contributed by atoms with Crippen LogP contribution in [0.3, 0.4) is 0 Å². The molecule has 1 unspecified atom stereocenters. The predicted octanol–water partition coefficient (Wildman–Crippen LogP) is 3.11. The molecule has 10 heteroatoms. The third-order valence-electron chi connectivity index (χ3n) is 4.62. The van der Waals surface area contributed by atoms with Gasteiger partial charge in [-0.2, -0.15) is 0 Å². The van der Waals surface area contributed by atoms with Crippen molar-refractivity contribution >= 4 is 28.4 Å². The van der Waals surface area contributed by atoms with Crippen LogP contribution in [-0.4, -0.2) is 41.5 Å². The third-order valence-corrected chi connectivity index (χ3v) is 5.42. The highest BCUT2D eigenvalue weighted by molar-refractivity contribution is 7.13. The summed E-state index contributed by atoms with van der Waals surface area (Å²) >= 11 is 1.24. The van der Waals surface area contributed by atoms with Crippen LogP contribution in [0.4, 0.5) is 14.3 Å². The van der Waals surface area contributed by atoms with E-state index in [1.54, 1.807) is 24.6 Å². The van der Waals surface area contributed by atoms with Gasteiger partial charge in [0.05, 0.1) is 25.5 Å². The van der Waals surface area contributed by atoms with Gasteiger partial charge >= 0.3 is 6.03 Å². The summed E-state index contributed by atoms with van der Waals surface area (Å²) in [5, 5.41) is 7.42. The predicted molar refractivity (Wildman–Crippen MR) is 125 cm³/mol. The minimum absolute atomic E-state index is 0.105. The molecule has 0 aliphatic heterocycles. The van der Waals surface area contributed by atoms with Crippen LogP contribution >= 0.6 is 11.3 Å². The van der Waals surface area contributed by atoms with Crippen LogP contribution in [0.25, 0.3) is 0 Å². The van der Waals surface area contributed by atoms with Gasteiger partial charge in [-0.1, -0.05) is 42.5 Å². The number of carbonyl (C=O) groups excluding carboxylic acids is 2. The third kappa shape index (κ3) is 7.94. The van der Waals surface area contributed by atoms with Crippen molar-refractivity contribution in [2.75, 3.05) is 19.0 Å². The van der Waals surface area contributed by atoms with E-state index in [2.05, 4.69) is 15.6 Å². The molecule has 0 aliphatic rings. The van der Waals surface area contributed by atoms with Gasteiger partial charge < -0.3 is 20.7 Å². The van der Waals surface area contributed by atoms with Gasteiger partial charge in [-0.05, 0) is 23.3 Å². The second-order valence-electron chi connectivity index (χ2n) is 7.38. The van der Waals surface area contributed by atoms with Crippen LogP contribution in [0.15, 0.2) is 60.0 Å². The number of ether oxygens (including phenoxy) is 1. The van der Waals surface area contributed by atoms with Gasteiger partial charge in [0, 0.05) is 19.0 Å². The number of nitrogens with two attached hydrogens (primary N) is 1. The second kappa shape index (κ2) is 12.0. The smallest absolute Gasteiger partial charge is 0.321 e. The van der Waals surface area contributed by atoms with Gasteiger partial charge in [-0.25, -0.2) is 14.2 Å². The van der Waals surface area contributed by atoms with E-state index in [-0.39, 0.29) is 31.4 Å². The summed E-state index contributed by atoms with van der Waals surface area (Å²) < 4.78 is 18.8. The Hall–Kier alpha value is -3.34. The molecule has 0 saturated carbocycles. The number of nitrogens with one attached hydrogen (secondary N) is 2. The Morgan fingerprint density at radius 3 is 2.70 bits per heavy atom. The van der Waals surface area contributed by atoms with Crippen molar-refractivity contribution in [2.24, 2.45) is 5.73 Å². The van der Waals surface area contributed by atoms with E-state index in [4.69, 9.17) is 10.5 Å². The van der Waals surface area contributed by atoms with E-state index >= 15 is 0 Å². The highest BCUT2D eigenvalue weighted by atomic mass is 32.1. The number of hydrogen-bond donors (Lipinski definition) is 3. The monoisotopic (exact) mass is 471 g/mol. The van der Waals surface area contributed by atoms with Crippen molar-refractivity contribution in [3.63, 3.8) is 0 Å². The Labute approximate surface area is 195 Å². The van der Waals surface area contributed by atoms with E-state index in [0.717, 1.165) is 5.56 Å². The first-order valence-corrected chi connectivity index (χ1v) is 11.1. The van der Waals surface area contributed by atoms with Gasteiger partial charge in [0.25, 0.3) is 0 Å². The molecule has 174 valence electrons. The zero-order valence-electron chi connectivity index (χ0n) is 18.2. The van der Waals surface area contributed by atoms with Crippen LogP contribution in [-0.2, 0) is 29.2 Å². The van der Waals surface area contributed by atoms with Crippen LogP contribution in [0, 0.1) is 5.82 Å². The average molecular weight is 472 g/mol. The maximum Gasteiger partial charge on any atom is 0.321 e. The normalized spacial score (nSPS) is 11.6. The maximum absolute atomic E-state index is 13.2. The summed E-state index contributed by atoms with van der Waals surface area (Å²) in [4.78, 5) is 30.4. The van der Waals surface area contributed by atoms with Gasteiger partial charge in [0.15, 0.2) is 5.13 Å². The number of amides is 3. The summed E-state index contributed by atoms with van der Waals surface area (Å²) in [6.07, 6.45) is 0. The Morgan fingerprint density at radius 2 is 1.94 bits per heavy atom. The van der Waals surface area contributed by atoms with E-state index in [9.17, 15) is 14.0 Å². The second-order valence-corrected chi connectivity index (χ2v) is 8.24. The molecule has 3 aromatic rings. The van der Waals surface area contributed by atoms with Crippen LogP contribution in [0.1, 0.15) is 16.8 Å². The zero-order valence-corrected chi connectivity index (χ0v) is 19.0. The topological polar surface area (TPSA) is 110 Å². The quantitative estimate of drug-likeness (QED) is 0.421. The molecule has 2 aromatic carbocycles. The molecule has 0 bridgehead atoms. The molecule has 1 aromatic heterocycles. The Kier molecular flexibility index (Phi) is 8.87. The molecule has 0 spiro atoms. The number of aromatic nitrogens is 1. The first kappa shape index (κ1) is 24.3. The molecule has 1 heterocycles. The highest BCUT2D eigenvalue weighted by Crippen LogP contribution is 2.17. The van der Waals surface area contributed by atoms with E-state index in [0.29, 0.717) is 23.0 Å². The lowest BCUT2D eigenvalue weighted by Gasteiger charge is -2.20. The van der Waals surface area contributed by atoms with Crippen molar-refractivity contribution < 1.29 is 18.7 Å². The number of rotatable bonds is 10. The Bertz CT molecular complexity index is 1060. The highest BCUT2D eigenvalue weighted by Gasteiger charge is 2.19. The maximum atomic E-state index is 13.2. The number of urea groups is 1. The van der Waals surface area contributed by atoms with Crippen LogP contribution < -0.4 is 16.4 Å². The summed E-state index contributed by atoms with van der Waals surface area (Å²) in [5.41, 5.74) is 8.25. The Morgan fingerprint density at radius 1 is 1.18 bits per heavy atom. The molecule has 0 fully saturated rings. The number of nitrogens with zero attached hydrogens (tertiary/aromatic N) is 2. The van der Waals surface area contributed by atoms with Crippen molar-refractivity contribution in [1.29, 1.82) is 0 Å². The summed E-state index contributed by atoms with van der Waals surface area (Å²) in [6, 6.07) is 14.4. The summed E-state index contributed by atoms with van der Waals surface area (Å²) in [7, 11) is 1.64. The molecule has 0 radical (unpaired) electrons. The first-order chi connectivity index (χ1) is 15.9. The van der Waals surface area contributed by atoms with E-state index < -0.39 is 12.1 Å². The van der Waals surface area contributed by atoms with Crippen molar-refractivity contribution in [3.8, 4) is 0 Å². The number of carbonyl (C=O) groups is 2. The molecule has 8 nitrogen and oxygen atoms in total. The molecule has 3 amide bonds. The zero-order chi connectivity index (χ0) is 23.6. The molecule has 1 atom stereocenters. The molecular weight excluding hydrogens is 445 g/mol. The molecule has 3 rings (SSSR count). The molecule has 0 aliphatic carbocycles. The number of halogens is 1. The van der Waals surface area contributed by atoms with Crippen LogP contribution in [0.2, 0.25) is 0 Å². The lowest BCUT2D eigenvalue weighted by Crippen LogP contribution is -2.44. The Balaban J connectivity index is 1.40. The van der Waals surface area contributed by atoms with E-state index in [1.165, 1.54) is 28.4 Å². The molecule has 33 heavy (non-hydrogen) atoms. The van der Waals surface area contributed by atoms with Crippen molar-refractivity contribution in [1.82, 2.24) is 15.2 Å². The average Bonchev–Trinajstić information content (AvgIpc) is 3.24. The van der Waals surface area contributed by atoms with Gasteiger partial charge in [-0.15, -0.1) is 11.3 Å². The SMILES string of the molecule is CN(Cc1csc(NC(=O)NCc2cccc(F)c2)n1)C(=O)C(N)COCc1ccccc1. The van der Waals surface area contributed by atoms with Gasteiger partial charge in [0.2, 0.25) is 5.91 Å². The number of hydrogen-bond acceptors (Lipinski definition) is 6. The van der Waals surface area contributed by atoms with Crippen molar-refractivity contribution in [3.05, 3.63) is 82.6 Å². The molecule has 4 N–H and O–H groups in total. The van der Waals surface area contributed by atoms with E-state index in [1.807, 2.05) is 30.3 Å². The molecular formula is C23H26FN5O3S. The van der Waals surface area contributed by atoms with Gasteiger partial charge in [0.1, 0.15) is 11.9 Å². The van der Waals surface area contributed by atoms with Crippen molar-refractivity contribution in [2.45, 2.75) is 25.7 Å².